The predicted molar refractivity (Wildman–Crippen MR) is 78.4 cm³/mol. The van der Waals surface area contributed by atoms with Crippen molar-refractivity contribution < 1.29 is 13.2 Å². The second-order valence-corrected chi connectivity index (χ2v) is 7.52. The van der Waals surface area contributed by atoms with Crippen LogP contribution in [0.4, 0.5) is 0 Å². The fraction of sp³-hybridized carbons (Fsp3) is 0.500. The number of rotatable bonds is 3. The van der Waals surface area contributed by atoms with Gasteiger partial charge in [0, 0.05) is 23.3 Å². The Balaban J connectivity index is 2.38. The van der Waals surface area contributed by atoms with Gasteiger partial charge in [0.25, 0.3) is 15.0 Å². The fourth-order valence-corrected chi connectivity index (χ4v) is 3.77. The lowest BCUT2D eigenvalue weighted by Gasteiger charge is -2.35. The first-order chi connectivity index (χ1) is 9.45. The van der Waals surface area contributed by atoms with Gasteiger partial charge in [0.15, 0.2) is 0 Å². The molecule has 6 heteroatoms. The van der Waals surface area contributed by atoms with Gasteiger partial charge in [0.1, 0.15) is 0 Å². The summed E-state index contributed by atoms with van der Waals surface area (Å²) in [6.07, 6.45) is 3.91. The number of carbonyl (C=O) groups excluding carboxylic acids is 1. The summed E-state index contributed by atoms with van der Waals surface area (Å²) in [6.45, 7) is 2.72. The molecule has 1 atom stereocenters. The maximum Gasteiger partial charge on any atom is 0.262 e. The molecule has 0 N–H and O–H groups in total. The minimum atomic E-state index is -3.92. The molecule has 1 saturated heterocycles. The Morgan fingerprint density at radius 2 is 2.05 bits per heavy atom. The molecule has 0 aliphatic carbocycles. The van der Waals surface area contributed by atoms with Crippen LogP contribution >= 0.6 is 10.7 Å². The van der Waals surface area contributed by atoms with Crippen molar-refractivity contribution in [2.24, 2.45) is 0 Å². The van der Waals surface area contributed by atoms with Crippen LogP contribution in [0.1, 0.15) is 43.0 Å². The third kappa shape index (κ3) is 3.15. The van der Waals surface area contributed by atoms with E-state index in [0.717, 1.165) is 25.7 Å². The van der Waals surface area contributed by atoms with Gasteiger partial charge in [-0.05, 0) is 37.8 Å². The summed E-state index contributed by atoms with van der Waals surface area (Å²) in [5.41, 5.74) is 0.169. The van der Waals surface area contributed by atoms with Crippen LogP contribution in [-0.2, 0) is 9.05 Å². The van der Waals surface area contributed by atoms with Crippen LogP contribution in [0.15, 0.2) is 29.2 Å². The summed E-state index contributed by atoms with van der Waals surface area (Å²) in [6, 6.07) is 6.31. The molecule has 1 aliphatic rings. The number of benzene rings is 1. The first kappa shape index (κ1) is 15.3. The van der Waals surface area contributed by atoms with Crippen molar-refractivity contribution in [1.82, 2.24) is 4.90 Å². The summed E-state index contributed by atoms with van der Waals surface area (Å²) < 4.78 is 23.2. The van der Waals surface area contributed by atoms with Gasteiger partial charge in [-0.2, -0.15) is 0 Å². The van der Waals surface area contributed by atoms with E-state index < -0.39 is 9.05 Å². The highest BCUT2D eigenvalue weighted by Gasteiger charge is 2.29. The van der Waals surface area contributed by atoms with Crippen molar-refractivity contribution in [1.29, 1.82) is 0 Å². The van der Waals surface area contributed by atoms with Gasteiger partial charge in [0.2, 0.25) is 0 Å². The van der Waals surface area contributed by atoms with Gasteiger partial charge >= 0.3 is 0 Å². The summed E-state index contributed by atoms with van der Waals surface area (Å²) >= 11 is 0. The number of hydrogen-bond donors (Lipinski definition) is 0. The van der Waals surface area contributed by atoms with E-state index >= 15 is 0 Å². The third-order valence-corrected chi connectivity index (χ3v) is 5.12. The highest BCUT2D eigenvalue weighted by molar-refractivity contribution is 8.13. The molecule has 1 aromatic carbocycles. The fourth-order valence-electron chi connectivity index (χ4n) is 2.70. The van der Waals surface area contributed by atoms with Crippen molar-refractivity contribution >= 4 is 25.6 Å². The van der Waals surface area contributed by atoms with E-state index in [1.165, 1.54) is 12.1 Å². The Labute approximate surface area is 124 Å². The Hall–Kier alpha value is -1.07. The number of hydrogen-bond acceptors (Lipinski definition) is 3. The first-order valence-corrected chi connectivity index (χ1v) is 9.10. The Morgan fingerprint density at radius 1 is 1.35 bits per heavy atom. The van der Waals surface area contributed by atoms with Gasteiger partial charge in [-0.3, -0.25) is 4.79 Å². The lowest BCUT2D eigenvalue weighted by molar-refractivity contribution is 0.0604. The van der Waals surface area contributed by atoms with E-state index in [4.69, 9.17) is 10.7 Å². The topological polar surface area (TPSA) is 54.5 Å². The standard InChI is InChI=1S/C14H18ClNO3S/c1-2-11-7-5-6-10-16(11)14(17)12-8-3-4-9-13(12)20(15,18)19/h3-4,8-9,11H,2,5-7,10H2,1H3. The van der Waals surface area contributed by atoms with Gasteiger partial charge in [-0.15, -0.1) is 0 Å². The van der Waals surface area contributed by atoms with E-state index in [-0.39, 0.29) is 22.4 Å². The average molecular weight is 316 g/mol. The quantitative estimate of drug-likeness (QED) is 0.806. The maximum absolute atomic E-state index is 12.6. The van der Waals surface area contributed by atoms with Crippen molar-refractivity contribution in [3.05, 3.63) is 29.8 Å². The average Bonchev–Trinajstić information content (AvgIpc) is 2.45. The molecular formula is C14H18ClNO3S. The number of halogens is 1. The van der Waals surface area contributed by atoms with E-state index in [1.54, 1.807) is 17.0 Å². The van der Waals surface area contributed by atoms with Crippen LogP contribution in [0.2, 0.25) is 0 Å². The van der Waals surface area contributed by atoms with Gasteiger partial charge in [0.05, 0.1) is 10.5 Å². The van der Waals surface area contributed by atoms with Crippen LogP contribution in [0, 0.1) is 0 Å². The van der Waals surface area contributed by atoms with Gasteiger partial charge < -0.3 is 4.90 Å². The van der Waals surface area contributed by atoms with Crippen molar-refractivity contribution in [2.45, 2.75) is 43.5 Å². The van der Waals surface area contributed by atoms with E-state index in [0.29, 0.717) is 6.54 Å². The Bertz CT molecular complexity index is 600. The molecule has 1 fully saturated rings. The summed E-state index contributed by atoms with van der Waals surface area (Å²) in [4.78, 5) is 14.3. The molecule has 2 rings (SSSR count). The normalized spacial score (nSPS) is 19.9. The number of carbonyl (C=O) groups is 1. The smallest absolute Gasteiger partial charge is 0.262 e. The molecule has 1 aromatic rings. The van der Waals surface area contributed by atoms with Crippen LogP contribution in [0.25, 0.3) is 0 Å². The number of likely N-dealkylation sites (tertiary alicyclic amines) is 1. The van der Waals surface area contributed by atoms with E-state index in [9.17, 15) is 13.2 Å². The minimum absolute atomic E-state index is 0.105. The third-order valence-electron chi connectivity index (χ3n) is 3.74. The molecular weight excluding hydrogens is 298 g/mol. The molecule has 1 aliphatic heterocycles. The SMILES string of the molecule is CCC1CCCCN1C(=O)c1ccccc1S(=O)(=O)Cl. The monoisotopic (exact) mass is 315 g/mol. The lowest BCUT2D eigenvalue weighted by atomic mass is 9.99. The molecule has 0 spiro atoms. The first-order valence-electron chi connectivity index (χ1n) is 6.79. The van der Waals surface area contributed by atoms with E-state index in [1.807, 2.05) is 6.92 Å². The molecule has 1 unspecified atom stereocenters. The second kappa shape index (κ2) is 6.14. The highest BCUT2D eigenvalue weighted by atomic mass is 35.7. The molecule has 110 valence electrons. The molecule has 0 radical (unpaired) electrons. The summed E-state index contributed by atoms with van der Waals surface area (Å²) in [7, 11) is 1.50. The maximum atomic E-state index is 12.6. The zero-order chi connectivity index (χ0) is 14.8. The minimum Gasteiger partial charge on any atom is -0.336 e. The van der Waals surface area contributed by atoms with Crippen LogP contribution in [0.3, 0.4) is 0 Å². The van der Waals surface area contributed by atoms with Crippen LogP contribution in [-0.4, -0.2) is 31.8 Å². The van der Waals surface area contributed by atoms with Gasteiger partial charge in [-0.1, -0.05) is 19.1 Å². The van der Waals surface area contributed by atoms with Crippen molar-refractivity contribution in [2.75, 3.05) is 6.54 Å². The predicted octanol–water partition coefficient (Wildman–Crippen LogP) is 3.02. The zero-order valence-electron chi connectivity index (χ0n) is 11.4. The number of amides is 1. The van der Waals surface area contributed by atoms with Crippen LogP contribution in [0.5, 0.6) is 0 Å². The van der Waals surface area contributed by atoms with Crippen LogP contribution < -0.4 is 0 Å². The van der Waals surface area contributed by atoms with Crippen molar-refractivity contribution in [3.8, 4) is 0 Å². The second-order valence-electron chi connectivity index (χ2n) is 4.99. The molecule has 4 nitrogen and oxygen atoms in total. The van der Waals surface area contributed by atoms with E-state index in [2.05, 4.69) is 0 Å². The zero-order valence-corrected chi connectivity index (χ0v) is 13.0. The number of piperidine rings is 1. The largest absolute Gasteiger partial charge is 0.336 e. The lowest BCUT2D eigenvalue weighted by Crippen LogP contribution is -2.43. The van der Waals surface area contributed by atoms with Gasteiger partial charge in [-0.25, -0.2) is 8.42 Å². The summed E-state index contributed by atoms with van der Waals surface area (Å²) in [5, 5.41) is 0. The summed E-state index contributed by atoms with van der Waals surface area (Å²) in [5.74, 6) is -0.239. The molecule has 1 amide bonds. The Morgan fingerprint density at radius 3 is 2.70 bits per heavy atom. The van der Waals surface area contributed by atoms with Crippen molar-refractivity contribution in [3.63, 3.8) is 0 Å². The molecule has 0 aromatic heterocycles. The Kier molecular flexibility index (Phi) is 4.70. The number of nitrogens with zero attached hydrogens (tertiary/aromatic N) is 1. The molecule has 1 heterocycles. The molecule has 20 heavy (non-hydrogen) atoms. The highest BCUT2D eigenvalue weighted by Crippen LogP contribution is 2.26. The molecule has 0 saturated carbocycles. The molecule has 0 bridgehead atoms.